The van der Waals surface area contributed by atoms with Crippen molar-refractivity contribution in [1.29, 1.82) is 0 Å². The van der Waals surface area contributed by atoms with Gasteiger partial charge in [-0.1, -0.05) is 0 Å². The Hall–Kier alpha value is -1.75. The molecule has 0 unspecified atom stereocenters. The van der Waals surface area contributed by atoms with Crippen molar-refractivity contribution in [2.75, 3.05) is 27.8 Å². The van der Waals surface area contributed by atoms with E-state index in [4.69, 9.17) is 9.47 Å². The number of carbonyl (C=O) groups excluding carboxylic acids is 1. The Balaban J connectivity index is 2.04. The van der Waals surface area contributed by atoms with E-state index in [0.717, 1.165) is 36.4 Å². The molecule has 0 bridgehead atoms. The maximum Gasteiger partial charge on any atom is 0.225 e. The fraction of sp³-hybridized carbons (Fsp3) is 0.588. The molecule has 2 rings (SSSR count). The van der Waals surface area contributed by atoms with Gasteiger partial charge < -0.3 is 19.7 Å². The first-order valence-electron chi connectivity index (χ1n) is 7.74. The highest BCUT2D eigenvalue weighted by atomic mass is 16.5. The van der Waals surface area contributed by atoms with Crippen molar-refractivity contribution in [1.82, 2.24) is 10.2 Å². The zero-order valence-corrected chi connectivity index (χ0v) is 13.9. The summed E-state index contributed by atoms with van der Waals surface area (Å²) in [7, 11) is 5.12. The highest BCUT2D eigenvalue weighted by molar-refractivity contribution is 5.78. The molecule has 0 saturated carbocycles. The van der Waals surface area contributed by atoms with Crippen LogP contribution in [0.1, 0.15) is 25.3 Å². The van der Waals surface area contributed by atoms with Crippen LogP contribution in [0.2, 0.25) is 0 Å². The van der Waals surface area contributed by atoms with E-state index in [9.17, 15) is 4.79 Å². The maximum atomic E-state index is 12.6. The number of ether oxygens (including phenoxy) is 2. The van der Waals surface area contributed by atoms with Crippen molar-refractivity contribution < 1.29 is 14.3 Å². The van der Waals surface area contributed by atoms with E-state index in [2.05, 4.69) is 12.2 Å². The van der Waals surface area contributed by atoms with Crippen molar-refractivity contribution in [2.45, 2.75) is 32.4 Å². The van der Waals surface area contributed by atoms with Gasteiger partial charge in [0.05, 0.1) is 14.2 Å². The van der Waals surface area contributed by atoms with E-state index in [1.165, 1.54) is 0 Å². The molecule has 22 heavy (non-hydrogen) atoms. The summed E-state index contributed by atoms with van der Waals surface area (Å²) in [5.41, 5.74) is 0.987. The Morgan fingerprint density at radius 2 is 2.14 bits per heavy atom. The zero-order valence-electron chi connectivity index (χ0n) is 13.9. The number of nitrogens with zero attached hydrogens (tertiary/aromatic N) is 1. The van der Waals surface area contributed by atoms with Gasteiger partial charge >= 0.3 is 0 Å². The Kier molecular flexibility index (Phi) is 5.66. The molecule has 0 aromatic heterocycles. The van der Waals surface area contributed by atoms with Gasteiger partial charge in [-0.3, -0.25) is 4.79 Å². The van der Waals surface area contributed by atoms with Crippen LogP contribution in [-0.2, 0) is 11.3 Å². The molecular formula is C17H26N2O3. The summed E-state index contributed by atoms with van der Waals surface area (Å²) in [6.07, 6.45) is 1.82. The molecule has 0 aliphatic carbocycles. The predicted octanol–water partition coefficient (Wildman–Crippen LogP) is 2.05. The monoisotopic (exact) mass is 306 g/mol. The topological polar surface area (TPSA) is 50.8 Å². The molecule has 1 saturated heterocycles. The van der Waals surface area contributed by atoms with Crippen molar-refractivity contribution >= 4 is 5.91 Å². The standard InChI is InChI=1S/C17H26N2O3/c1-12-9-13(7-8-18-12)17(20)19(2)11-14-5-6-15(21-3)10-16(14)22-4/h5-6,10,12-13,18H,7-9,11H2,1-4H3/t12-,13-/m0/s1. The molecule has 0 radical (unpaired) electrons. The van der Waals surface area contributed by atoms with Crippen LogP contribution in [0.15, 0.2) is 18.2 Å². The summed E-state index contributed by atoms with van der Waals surface area (Å²) < 4.78 is 10.6. The van der Waals surface area contributed by atoms with Gasteiger partial charge in [-0.25, -0.2) is 0 Å². The van der Waals surface area contributed by atoms with Gasteiger partial charge in [0.15, 0.2) is 0 Å². The molecule has 122 valence electrons. The average molecular weight is 306 g/mol. The van der Waals surface area contributed by atoms with Crippen LogP contribution in [0, 0.1) is 5.92 Å². The summed E-state index contributed by atoms with van der Waals surface area (Å²) in [5, 5.41) is 3.38. The van der Waals surface area contributed by atoms with Crippen LogP contribution in [0.3, 0.4) is 0 Å². The molecule has 1 heterocycles. The van der Waals surface area contributed by atoms with Crippen LogP contribution in [0.4, 0.5) is 0 Å². The second-order valence-electron chi connectivity index (χ2n) is 5.95. The third-order valence-corrected chi connectivity index (χ3v) is 4.25. The lowest BCUT2D eigenvalue weighted by Gasteiger charge is -2.30. The number of benzene rings is 1. The summed E-state index contributed by atoms with van der Waals surface area (Å²) in [6, 6.07) is 6.10. The van der Waals surface area contributed by atoms with Gasteiger partial charge in [-0.2, -0.15) is 0 Å². The molecule has 5 heteroatoms. The molecule has 1 amide bonds. The van der Waals surface area contributed by atoms with E-state index in [-0.39, 0.29) is 11.8 Å². The van der Waals surface area contributed by atoms with Gasteiger partial charge in [0.25, 0.3) is 0 Å². The Labute approximate surface area is 132 Å². The van der Waals surface area contributed by atoms with Crippen LogP contribution >= 0.6 is 0 Å². The molecule has 1 N–H and O–H groups in total. The fourth-order valence-corrected chi connectivity index (χ4v) is 2.98. The molecule has 1 aromatic carbocycles. The largest absolute Gasteiger partial charge is 0.497 e. The van der Waals surface area contributed by atoms with Crippen LogP contribution in [0.5, 0.6) is 11.5 Å². The Bertz CT molecular complexity index is 519. The van der Waals surface area contributed by atoms with Gasteiger partial charge in [-0.05, 0) is 38.4 Å². The molecule has 1 aliphatic heterocycles. The first-order chi connectivity index (χ1) is 10.5. The lowest BCUT2D eigenvalue weighted by atomic mass is 9.92. The first-order valence-corrected chi connectivity index (χ1v) is 7.74. The second kappa shape index (κ2) is 7.49. The minimum absolute atomic E-state index is 0.116. The predicted molar refractivity (Wildman–Crippen MR) is 86.2 cm³/mol. The van der Waals surface area contributed by atoms with E-state index in [1.54, 1.807) is 19.1 Å². The summed E-state index contributed by atoms with van der Waals surface area (Å²) in [5.74, 6) is 1.83. The number of nitrogens with one attached hydrogen (secondary N) is 1. The van der Waals surface area contributed by atoms with Gasteiger partial charge in [0, 0.05) is 37.2 Å². The lowest BCUT2D eigenvalue weighted by molar-refractivity contribution is -0.135. The van der Waals surface area contributed by atoms with Gasteiger partial charge in [-0.15, -0.1) is 0 Å². The van der Waals surface area contributed by atoms with Gasteiger partial charge in [0.2, 0.25) is 5.91 Å². The Morgan fingerprint density at radius 3 is 2.77 bits per heavy atom. The number of hydrogen-bond acceptors (Lipinski definition) is 4. The number of hydrogen-bond donors (Lipinski definition) is 1. The maximum absolute atomic E-state index is 12.6. The smallest absolute Gasteiger partial charge is 0.225 e. The zero-order chi connectivity index (χ0) is 16.1. The highest BCUT2D eigenvalue weighted by Gasteiger charge is 2.27. The fourth-order valence-electron chi connectivity index (χ4n) is 2.98. The van der Waals surface area contributed by atoms with Crippen molar-refractivity contribution in [3.05, 3.63) is 23.8 Å². The molecule has 0 spiro atoms. The van der Waals surface area contributed by atoms with Crippen molar-refractivity contribution in [3.63, 3.8) is 0 Å². The van der Waals surface area contributed by atoms with Crippen LogP contribution in [-0.4, -0.2) is 44.7 Å². The molecule has 5 nitrogen and oxygen atoms in total. The number of amides is 1. The molecule has 1 fully saturated rings. The molecule has 2 atom stereocenters. The minimum Gasteiger partial charge on any atom is -0.497 e. The average Bonchev–Trinajstić information content (AvgIpc) is 2.54. The highest BCUT2D eigenvalue weighted by Crippen LogP contribution is 2.26. The number of piperidine rings is 1. The van der Waals surface area contributed by atoms with E-state index in [1.807, 2.05) is 25.2 Å². The molecule has 1 aliphatic rings. The second-order valence-corrected chi connectivity index (χ2v) is 5.95. The molecule has 1 aromatic rings. The molecular weight excluding hydrogens is 280 g/mol. The first kappa shape index (κ1) is 16.6. The van der Waals surface area contributed by atoms with Crippen LogP contribution in [0.25, 0.3) is 0 Å². The van der Waals surface area contributed by atoms with Gasteiger partial charge in [0.1, 0.15) is 11.5 Å². The van der Waals surface area contributed by atoms with Crippen LogP contribution < -0.4 is 14.8 Å². The van der Waals surface area contributed by atoms with E-state index in [0.29, 0.717) is 12.6 Å². The quantitative estimate of drug-likeness (QED) is 0.904. The van der Waals surface area contributed by atoms with E-state index < -0.39 is 0 Å². The SMILES string of the molecule is COc1ccc(CN(C)C(=O)[C@H]2CCN[C@@H](C)C2)c(OC)c1. The lowest BCUT2D eigenvalue weighted by Crippen LogP contribution is -2.42. The number of carbonyl (C=O) groups is 1. The normalized spacial score (nSPS) is 21.3. The van der Waals surface area contributed by atoms with Crippen molar-refractivity contribution in [2.24, 2.45) is 5.92 Å². The third-order valence-electron chi connectivity index (χ3n) is 4.25. The summed E-state index contributed by atoms with van der Waals surface area (Å²) in [6.45, 7) is 3.59. The Morgan fingerprint density at radius 1 is 1.36 bits per heavy atom. The van der Waals surface area contributed by atoms with Crippen molar-refractivity contribution in [3.8, 4) is 11.5 Å². The van der Waals surface area contributed by atoms with E-state index >= 15 is 0 Å². The number of rotatable bonds is 5. The number of methoxy groups -OCH3 is 2. The summed E-state index contributed by atoms with van der Waals surface area (Å²) in [4.78, 5) is 14.4. The summed E-state index contributed by atoms with van der Waals surface area (Å²) >= 11 is 0. The minimum atomic E-state index is 0.116. The third kappa shape index (κ3) is 3.91.